The number of ether oxygens (including phenoxy) is 1. The Kier molecular flexibility index (Phi) is 6.12. The van der Waals surface area contributed by atoms with Crippen molar-refractivity contribution in [2.24, 2.45) is 29.6 Å². The normalized spacial score (nSPS) is 32.2. The van der Waals surface area contributed by atoms with Crippen molar-refractivity contribution in [1.82, 2.24) is 4.98 Å². The molecule has 0 spiro atoms. The van der Waals surface area contributed by atoms with E-state index in [4.69, 9.17) is 4.74 Å². The van der Waals surface area contributed by atoms with Gasteiger partial charge in [0.2, 0.25) is 0 Å². The summed E-state index contributed by atoms with van der Waals surface area (Å²) in [6, 6.07) is 10.6. The predicted molar refractivity (Wildman–Crippen MR) is 126 cm³/mol. The first-order chi connectivity index (χ1) is 15.6. The number of nitrogens with zero attached hydrogens (tertiary/aromatic N) is 1. The Bertz CT molecular complexity index is 992. The van der Waals surface area contributed by atoms with Crippen LogP contribution in [0.1, 0.15) is 59.0 Å². The summed E-state index contributed by atoms with van der Waals surface area (Å²) in [5, 5.41) is 0. The van der Waals surface area contributed by atoms with E-state index in [1.807, 2.05) is 24.4 Å². The lowest BCUT2D eigenvalue weighted by Crippen LogP contribution is -2.41. The van der Waals surface area contributed by atoms with E-state index >= 15 is 0 Å². The molecule has 0 radical (unpaired) electrons. The number of pyridine rings is 1. The van der Waals surface area contributed by atoms with Crippen molar-refractivity contribution < 1.29 is 15.3 Å². The predicted octanol–water partition coefficient (Wildman–Crippen LogP) is 6.93. The molecule has 0 N–H and O–H groups in total. The molecule has 2 saturated carbocycles. The fraction of sp³-hybridized carbons (Fsp3) is 0.500. The third kappa shape index (κ3) is 4.12. The van der Waals surface area contributed by atoms with E-state index in [-0.39, 0.29) is 31.2 Å². The topological polar surface area (TPSA) is 39.2 Å². The zero-order valence-corrected chi connectivity index (χ0v) is 18.8. The van der Waals surface area contributed by atoms with Gasteiger partial charge < -0.3 is 4.74 Å². The molecule has 32 heavy (non-hydrogen) atoms. The monoisotopic (exact) mass is 435 g/mol. The molecule has 3 nitrogen and oxygen atoms in total. The first-order valence-corrected chi connectivity index (χ1v) is 12.2. The van der Waals surface area contributed by atoms with Gasteiger partial charge in [-0.3, -0.25) is 9.78 Å². The first kappa shape index (κ1) is 21.4. The Morgan fingerprint density at radius 3 is 2.81 bits per heavy atom. The Balaban J connectivity index is 0.00000259. The summed E-state index contributed by atoms with van der Waals surface area (Å²) in [5.74, 6) is 1.74. The number of rotatable bonds is 4. The summed E-state index contributed by atoms with van der Waals surface area (Å²) in [4.78, 5) is 17.3. The van der Waals surface area contributed by atoms with Gasteiger partial charge in [-0.15, -0.1) is 0 Å². The number of esters is 1. The highest BCUT2D eigenvalue weighted by atomic mass is 19.1. The summed E-state index contributed by atoms with van der Waals surface area (Å²) in [7, 11) is 0. The van der Waals surface area contributed by atoms with E-state index in [1.165, 1.54) is 44.2 Å². The number of hydrogen-bond acceptors (Lipinski definition) is 3. The van der Waals surface area contributed by atoms with Crippen molar-refractivity contribution in [3.8, 4) is 11.1 Å². The molecule has 5 rings (SSSR count). The van der Waals surface area contributed by atoms with Crippen LogP contribution in [-0.2, 0) is 9.53 Å². The maximum absolute atomic E-state index is 13.6. The van der Waals surface area contributed by atoms with Crippen molar-refractivity contribution in [2.45, 2.75) is 58.0 Å². The van der Waals surface area contributed by atoms with E-state index in [2.05, 4.69) is 24.1 Å². The fourth-order valence-electron chi connectivity index (χ4n) is 6.50. The van der Waals surface area contributed by atoms with Crippen molar-refractivity contribution in [2.75, 3.05) is 0 Å². The van der Waals surface area contributed by atoms with Crippen LogP contribution in [0.5, 0.6) is 0 Å². The van der Waals surface area contributed by atoms with Crippen LogP contribution in [0.3, 0.4) is 0 Å². The summed E-state index contributed by atoms with van der Waals surface area (Å²) < 4.78 is 19.4. The minimum atomic E-state index is -0.241. The molecule has 1 aliphatic heterocycles. The number of carbonyl (C=O) groups excluding carboxylic acids is 1. The van der Waals surface area contributed by atoms with Gasteiger partial charge in [-0.2, -0.15) is 0 Å². The molecule has 2 aliphatic carbocycles. The SMILES string of the molecule is CCC1OC(=O)[C@@H]2C[C@@H]3CCCCCC3[C@H](/C=C/c3ccc(-c4cccc(F)c4)cn3)[C@H]12.[HH]. The van der Waals surface area contributed by atoms with Crippen LogP contribution in [0.25, 0.3) is 17.2 Å². The zero-order valence-electron chi connectivity index (χ0n) is 18.8. The number of fused-ring (bicyclic) bond motifs is 2. The van der Waals surface area contributed by atoms with Gasteiger partial charge >= 0.3 is 5.97 Å². The second kappa shape index (κ2) is 9.17. The lowest BCUT2D eigenvalue weighted by atomic mass is 9.59. The maximum atomic E-state index is 13.6. The molecule has 1 aromatic carbocycles. The fourth-order valence-corrected chi connectivity index (χ4v) is 6.50. The first-order valence-electron chi connectivity index (χ1n) is 12.2. The highest BCUT2D eigenvalue weighted by Gasteiger charge is 2.54. The van der Waals surface area contributed by atoms with Crippen LogP contribution in [0.4, 0.5) is 4.39 Å². The summed E-state index contributed by atoms with van der Waals surface area (Å²) >= 11 is 0. The number of halogens is 1. The van der Waals surface area contributed by atoms with Crippen molar-refractivity contribution in [1.29, 1.82) is 0 Å². The van der Waals surface area contributed by atoms with E-state index in [0.717, 1.165) is 29.7 Å². The standard InChI is InChI=1S/C28H32FNO2.H2/c1-2-26-27-24(23-10-5-3-4-7-19(23)16-25(27)28(31)32-26)14-13-22-12-11-20(17-30-22)18-8-6-9-21(29)15-18;/h6,8-9,11-15,17,19,23-27H,2-5,7,10,16H2,1H3;1H/b14-13+;/t19-,23?,24-,25+,26?,27-;/m0./s1. The Morgan fingerprint density at radius 2 is 2.03 bits per heavy atom. The molecule has 0 amide bonds. The van der Waals surface area contributed by atoms with Gasteiger partial charge in [0.1, 0.15) is 11.9 Å². The van der Waals surface area contributed by atoms with Crippen LogP contribution in [0.2, 0.25) is 0 Å². The number of cyclic esters (lactones) is 1. The van der Waals surface area contributed by atoms with Gasteiger partial charge in [-0.25, -0.2) is 4.39 Å². The molecule has 2 heterocycles. The molecule has 2 aromatic rings. The lowest BCUT2D eigenvalue weighted by molar-refractivity contribution is -0.144. The molecule has 1 aromatic heterocycles. The average molecular weight is 436 g/mol. The van der Waals surface area contributed by atoms with E-state index in [0.29, 0.717) is 17.8 Å². The van der Waals surface area contributed by atoms with Gasteiger partial charge in [0, 0.05) is 19.1 Å². The minimum Gasteiger partial charge on any atom is -0.462 e. The molecule has 1 saturated heterocycles. The van der Waals surface area contributed by atoms with E-state index in [9.17, 15) is 9.18 Å². The smallest absolute Gasteiger partial charge is 0.309 e. The number of allylic oxidation sites excluding steroid dienone is 1. The molecular formula is C28H34FNO2. The van der Waals surface area contributed by atoms with Gasteiger partial charge in [0.05, 0.1) is 11.6 Å². The zero-order chi connectivity index (χ0) is 22.1. The quantitative estimate of drug-likeness (QED) is 0.489. The van der Waals surface area contributed by atoms with Crippen LogP contribution < -0.4 is 0 Å². The van der Waals surface area contributed by atoms with Crippen LogP contribution >= 0.6 is 0 Å². The molecule has 3 aliphatic rings. The lowest BCUT2D eigenvalue weighted by Gasteiger charge is -2.43. The summed E-state index contributed by atoms with van der Waals surface area (Å²) in [6.45, 7) is 2.13. The maximum Gasteiger partial charge on any atom is 0.309 e. The number of aromatic nitrogens is 1. The third-order valence-electron chi connectivity index (χ3n) is 8.01. The number of hydrogen-bond donors (Lipinski definition) is 0. The van der Waals surface area contributed by atoms with Crippen LogP contribution in [0.15, 0.2) is 48.7 Å². The molecule has 4 heteroatoms. The molecule has 2 unspecified atom stereocenters. The van der Waals surface area contributed by atoms with Gasteiger partial charge in [0.25, 0.3) is 0 Å². The number of benzene rings is 1. The van der Waals surface area contributed by atoms with Crippen molar-refractivity contribution in [3.05, 3.63) is 60.2 Å². The summed E-state index contributed by atoms with van der Waals surface area (Å²) in [5.41, 5.74) is 2.64. The molecular weight excluding hydrogens is 401 g/mol. The van der Waals surface area contributed by atoms with Crippen LogP contribution in [0, 0.1) is 35.4 Å². The van der Waals surface area contributed by atoms with E-state index < -0.39 is 0 Å². The molecule has 170 valence electrons. The summed E-state index contributed by atoms with van der Waals surface area (Å²) in [6.07, 6.45) is 14.6. The highest BCUT2D eigenvalue weighted by molar-refractivity contribution is 5.75. The largest absolute Gasteiger partial charge is 0.462 e. The van der Waals surface area contributed by atoms with Crippen molar-refractivity contribution in [3.63, 3.8) is 0 Å². The third-order valence-corrected chi connectivity index (χ3v) is 8.01. The number of carbonyl (C=O) groups is 1. The van der Waals surface area contributed by atoms with Crippen LogP contribution in [-0.4, -0.2) is 17.1 Å². The van der Waals surface area contributed by atoms with Gasteiger partial charge in [-0.05, 0) is 66.9 Å². The van der Waals surface area contributed by atoms with Crippen molar-refractivity contribution >= 4 is 12.0 Å². The molecule has 3 fully saturated rings. The highest BCUT2D eigenvalue weighted by Crippen LogP contribution is 2.53. The van der Waals surface area contributed by atoms with Gasteiger partial charge in [-0.1, -0.05) is 56.9 Å². The Labute approximate surface area is 191 Å². The average Bonchev–Trinajstić information content (AvgIpc) is 2.97. The molecule has 0 bridgehead atoms. The van der Waals surface area contributed by atoms with Gasteiger partial charge in [0.15, 0.2) is 0 Å². The molecule has 6 atom stereocenters. The second-order valence-corrected chi connectivity index (χ2v) is 9.78. The Morgan fingerprint density at radius 1 is 1.16 bits per heavy atom. The second-order valence-electron chi connectivity index (χ2n) is 9.78. The minimum absolute atomic E-state index is 0. The Hall–Kier alpha value is -2.49. The van der Waals surface area contributed by atoms with E-state index in [1.54, 1.807) is 6.07 Å².